The molecule has 2 aromatic carbocycles. The number of fused-ring (bicyclic) bond motifs is 1. The van der Waals surface area contributed by atoms with Crippen LogP contribution in [0.1, 0.15) is 39.2 Å². The van der Waals surface area contributed by atoms with Crippen molar-refractivity contribution in [3.8, 4) is 11.3 Å². The van der Waals surface area contributed by atoms with Crippen LogP contribution in [0.2, 0.25) is 5.02 Å². The minimum Gasteiger partial charge on any atom is -0.444 e. The molecular formula is C30H32ClF2N5O2. The largest absolute Gasteiger partial charge is 0.444 e. The SMILES string of the molecule is CC(C)(C)OC(=O)N1CCCC(Cn2c(-c3ccccc3Cl)cc3cnc(NCc4ccc(F)c(F)c4)nc32)C1. The van der Waals surface area contributed by atoms with Gasteiger partial charge in [0.25, 0.3) is 0 Å². The third-order valence-electron chi connectivity index (χ3n) is 6.83. The number of hydrogen-bond acceptors (Lipinski definition) is 5. The van der Waals surface area contributed by atoms with Gasteiger partial charge in [0.2, 0.25) is 5.95 Å². The first-order valence-electron chi connectivity index (χ1n) is 13.3. The number of piperidine rings is 1. The molecule has 0 radical (unpaired) electrons. The number of anilines is 1. The van der Waals surface area contributed by atoms with E-state index in [0.29, 0.717) is 41.8 Å². The topological polar surface area (TPSA) is 72.3 Å². The molecule has 10 heteroatoms. The van der Waals surface area contributed by atoms with Gasteiger partial charge in [-0.15, -0.1) is 0 Å². The maximum Gasteiger partial charge on any atom is 0.410 e. The van der Waals surface area contributed by atoms with E-state index < -0.39 is 17.2 Å². The predicted molar refractivity (Wildman–Crippen MR) is 152 cm³/mol. The molecule has 1 amide bonds. The van der Waals surface area contributed by atoms with E-state index in [1.165, 1.54) is 6.07 Å². The summed E-state index contributed by atoms with van der Waals surface area (Å²) in [6.07, 6.45) is 3.26. The van der Waals surface area contributed by atoms with Crippen molar-refractivity contribution in [3.63, 3.8) is 0 Å². The van der Waals surface area contributed by atoms with Crippen LogP contribution in [-0.2, 0) is 17.8 Å². The van der Waals surface area contributed by atoms with Crippen LogP contribution in [0.25, 0.3) is 22.3 Å². The molecule has 2 aromatic heterocycles. The summed E-state index contributed by atoms with van der Waals surface area (Å²) in [6, 6.07) is 13.4. The monoisotopic (exact) mass is 567 g/mol. The Morgan fingerprint density at radius 2 is 1.95 bits per heavy atom. The lowest BCUT2D eigenvalue weighted by molar-refractivity contribution is 0.0158. The first-order chi connectivity index (χ1) is 19.1. The van der Waals surface area contributed by atoms with E-state index in [2.05, 4.69) is 14.9 Å². The summed E-state index contributed by atoms with van der Waals surface area (Å²) in [6.45, 7) is 7.68. The highest BCUT2D eigenvalue weighted by Gasteiger charge is 2.29. The average Bonchev–Trinajstić information content (AvgIpc) is 3.26. The van der Waals surface area contributed by atoms with Gasteiger partial charge < -0.3 is 19.5 Å². The number of ether oxygens (including phenoxy) is 1. The summed E-state index contributed by atoms with van der Waals surface area (Å²) in [5.41, 5.74) is 2.50. The number of amides is 1. The van der Waals surface area contributed by atoms with E-state index in [1.807, 2.05) is 51.1 Å². The van der Waals surface area contributed by atoms with Crippen LogP contribution in [-0.4, -0.2) is 44.2 Å². The second-order valence-corrected chi connectivity index (χ2v) is 11.5. The molecule has 210 valence electrons. The molecule has 1 saturated heterocycles. The average molecular weight is 568 g/mol. The number of rotatable bonds is 6. The Labute approximate surface area is 237 Å². The van der Waals surface area contributed by atoms with Gasteiger partial charge in [0, 0.05) is 48.3 Å². The van der Waals surface area contributed by atoms with Crippen LogP contribution in [0.15, 0.2) is 54.7 Å². The van der Waals surface area contributed by atoms with E-state index in [9.17, 15) is 13.6 Å². The Morgan fingerprint density at radius 3 is 2.70 bits per heavy atom. The summed E-state index contributed by atoms with van der Waals surface area (Å²) >= 11 is 6.61. The Kier molecular flexibility index (Phi) is 7.94. The summed E-state index contributed by atoms with van der Waals surface area (Å²) in [5, 5.41) is 4.58. The van der Waals surface area contributed by atoms with Crippen molar-refractivity contribution in [3.05, 3.63) is 76.9 Å². The van der Waals surface area contributed by atoms with Gasteiger partial charge in [-0.25, -0.2) is 18.6 Å². The molecule has 5 rings (SSSR count). The number of nitrogens with one attached hydrogen (secondary N) is 1. The molecule has 0 bridgehead atoms. The van der Waals surface area contributed by atoms with Crippen LogP contribution < -0.4 is 5.32 Å². The number of halogens is 3. The van der Waals surface area contributed by atoms with E-state index in [4.69, 9.17) is 21.3 Å². The van der Waals surface area contributed by atoms with E-state index in [1.54, 1.807) is 11.1 Å². The molecule has 1 unspecified atom stereocenters. The van der Waals surface area contributed by atoms with Crippen LogP contribution in [0, 0.1) is 17.6 Å². The lowest BCUT2D eigenvalue weighted by Crippen LogP contribution is -2.43. The van der Waals surface area contributed by atoms with Crippen molar-refractivity contribution in [2.75, 3.05) is 18.4 Å². The zero-order chi connectivity index (χ0) is 28.4. The van der Waals surface area contributed by atoms with Crippen molar-refractivity contribution in [2.24, 2.45) is 5.92 Å². The summed E-state index contributed by atoms with van der Waals surface area (Å²) in [4.78, 5) is 23.8. The van der Waals surface area contributed by atoms with Crippen molar-refractivity contribution in [2.45, 2.75) is 52.3 Å². The maximum atomic E-state index is 13.7. The van der Waals surface area contributed by atoms with E-state index in [-0.39, 0.29) is 18.6 Å². The number of benzene rings is 2. The number of aromatic nitrogens is 3. The van der Waals surface area contributed by atoms with Crippen LogP contribution in [0.3, 0.4) is 0 Å². The summed E-state index contributed by atoms with van der Waals surface area (Å²) < 4.78 is 34.7. The third kappa shape index (κ3) is 6.36. The number of likely N-dealkylation sites (tertiary alicyclic amines) is 1. The molecule has 0 aliphatic carbocycles. The molecule has 1 aliphatic heterocycles. The highest BCUT2D eigenvalue weighted by Crippen LogP contribution is 2.34. The quantitative estimate of drug-likeness (QED) is 0.265. The smallest absolute Gasteiger partial charge is 0.410 e. The van der Waals surface area contributed by atoms with Crippen molar-refractivity contribution >= 4 is 34.7 Å². The molecule has 0 saturated carbocycles. The number of hydrogen-bond donors (Lipinski definition) is 1. The molecule has 1 aliphatic rings. The fraction of sp³-hybridized carbons (Fsp3) is 0.367. The van der Waals surface area contributed by atoms with Gasteiger partial charge >= 0.3 is 6.09 Å². The molecule has 3 heterocycles. The van der Waals surface area contributed by atoms with Crippen molar-refractivity contribution < 1.29 is 18.3 Å². The third-order valence-corrected chi connectivity index (χ3v) is 7.16. The minimum atomic E-state index is -0.901. The molecular weight excluding hydrogens is 536 g/mol. The van der Waals surface area contributed by atoms with Gasteiger partial charge in [-0.05, 0) is 69.4 Å². The van der Waals surface area contributed by atoms with Gasteiger partial charge in [0.05, 0.1) is 5.69 Å². The van der Waals surface area contributed by atoms with Crippen LogP contribution in [0.5, 0.6) is 0 Å². The minimum absolute atomic E-state index is 0.173. The Bertz CT molecular complexity index is 1530. The fourth-order valence-corrected chi connectivity index (χ4v) is 5.23. The first kappa shape index (κ1) is 27.8. The van der Waals surface area contributed by atoms with Gasteiger partial charge in [-0.3, -0.25) is 0 Å². The van der Waals surface area contributed by atoms with Crippen molar-refractivity contribution in [1.29, 1.82) is 0 Å². The molecule has 1 atom stereocenters. The maximum absolute atomic E-state index is 13.7. The van der Waals surface area contributed by atoms with E-state index >= 15 is 0 Å². The zero-order valence-corrected chi connectivity index (χ0v) is 23.5. The number of nitrogens with zero attached hydrogens (tertiary/aromatic N) is 4. The first-order valence-corrected chi connectivity index (χ1v) is 13.7. The highest BCUT2D eigenvalue weighted by molar-refractivity contribution is 6.33. The van der Waals surface area contributed by atoms with Gasteiger partial charge in [0.15, 0.2) is 11.6 Å². The molecule has 0 spiro atoms. The molecule has 40 heavy (non-hydrogen) atoms. The van der Waals surface area contributed by atoms with Gasteiger partial charge in [-0.2, -0.15) is 4.98 Å². The van der Waals surface area contributed by atoms with Crippen molar-refractivity contribution in [1.82, 2.24) is 19.4 Å². The normalized spacial score (nSPS) is 15.8. The highest BCUT2D eigenvalue weighted by atomic mass is 35.5. The second-order valence-electron chi connectivity index (χ2n) is 11.1. The summed E-state index contributed by atoms with van der Waals surface area (Å²) in [5.74, 6) is -1.26. The van der Waals surface area contributed by atoms with Gasteiger partial charge in [0.1, 0.15) is 11.2 Å². The fourth-order valence-electron chi connectivity index (χ4n) is 5.00. The van der Waals surface area contributed by atoms with Crippen LogP contribution >= 0.6 is 11.6 Å². The lowest BCUT2D eigenvalue weighted by atomic mass is 9.98. The molecule has 7 nitrogen and oxygen atoms in total. The predicted octanol–water partition coefficient (Wildman–Crippen LogP) is 7.29. The summed E-state index contributed by atoms with van der Waals surface area (Å²) in [7, 11) is 0. The molecule has 4 aromatic rings. The molecule has 1 N–H and O–H groups in total. The van der Waals surface area contributed by atoms with E-state index in [0.717, 1.165) is 41.6 Å². The lowest BCUT2D eigenvalue weighted by Gasteiger charge is -2.34. The number of carbonyl (C=O) groups excluding carboxylic acids is 1. The second kappa shape index (κ2) is 11.4. The van der Waals surface area contributed by atoms with Gasteiger partial charge in [-0.1, -0.05) is 35.9 Å². The Hall–Kier alpha value is -3.72. The molecule has 1 fully saturated rings. The zero-order valence-electron chi connectivity index (χ0n) is 22.8. The van der Waals surface area contributed by atoms with Crippen LogP contribution in [0.4, 0.5) is 19.5 Å². The standard InChI is InChI=1S/C30H32ClF2N5O2/c1-30(2,3)40-29(39)37-12-6-7-20(17-37)18-38-26(22-8-4-5-9-23(22)31)14-21-16-35-28(36-27(21)38)34-15-19-10-11-24(32)25(33)13-19/h4-5,8-11,13-14,16,20H,6-7,12,15,17-18H2,1-3H3,(H,34,35,36). The Morgan fingerprint density at radius 1 is 1.15 bits per heavy atom. The number of carbonyl (C=O) groups is 1. The Balaban J connectivity index is 1.45.